The molecule has 0 N–H and O–H groups in total. The van der Waals surface area contributed by atoms with Gasteiger partial charge in [-0.25, -0.2) is 4.98 Å². The molecular formula is C15H14BrIN2O. The van der Waals surface area contributed by atoms with Crippen molar-refractivity contribution in [3.05, 3.63) is 44.5 Å². The largest absolute Gasteiger partial charge is 0.292 e. The molecule has 0 aliphatic carbocycles. The molecule has 1 amide bonds. The van der Waals surface area contributed by atoms with Crippen LogP contribution in [0.25, 0.3) is 10.9 Å². The number of aromatic nitrogens is 1. The molecule has 20 heavy (non-hydrogen) atoms. The second kappa shape index (κ2) is 6.22. The van der Waals surface area contributed by atoms with Gasteiger partial charge in [0.25, 0.3) is 0 Å². The smallest absolute Gasteiger partial charge is 0.225 e. The molecule has 0 atom stereocenters. The van der Waals surface area contributed by atoms with Crippen LogP contribution >= 0.6 is 38.5 Å². The first kappa shape index (κ1) is 15.4. The number of fused-ring (bicyclic) bond motifs is 1. The third kappa shape index (κ3) is 3.38. The topological polar surface area (TPSA) is 33.2 Å². The van der Waals surface area contributed by atoms with Gasteiger partial charge in [-0.3, -0.25) is 9.69 Å². The molecular weight excluding hydrogens is 431 g/mol. The van der Waals surface area contributed by atoms with Crippen LogP contribution in [0.1, 0.15) is 13.8 Å². The first-order valence-corrected chi connectivity index (χ1v) is 7.94. The summed E-state index contributed by atoms with van der Waals surface area (Å²) in [6.45, 7) is 7.77. The molecule has 1 heterocycles. The van der Waals surface area contributed by atoms with Crippen LogP contribution in [0.3, 0.4) is 0 Å². The van der Waals surface area contributed by atoms with Crippen molar-refractivity contribution in [1.29, 1.82) is 0 Å². The van der Waals surface area contributed by atoms with Gasteiger partial charge in [0.15, 0.2) is 5.82 Å². The summed E-state index contributed by atoms with van der Waals surface area (Å²) in [6.07, 6.45) is 0. The van der Waals surface area contributed by atoms with Gasteiger partial charge in [0.05, 0.1) is 9.99 Å². The summed E-state index contributed by atoms with van der Waals surface area (Å²) in [5, 5.41) is 1.04. The molecule has 0 saturated heterocycles. The van der Waals surface area contributed by atoms with E-state index >= 15 is 0 Å². The molecule has 0 fully saturated rings. The molecule has 0 saturated carbocycles. The zero-order valence-corrected chi connectivity index (χ0v) is 15.0. The lowest BCUT2D eigenvalue weighted by molar-refractivity contribution is -0.116. The highest BCUT2D eigenvalue weighted by atomic mass is 127. The normalized spacial score (nSPS) is 10.6. The van der Waals surface area contributed by atoms with Crippen LogP contribution in [-0.2, 0) is 4.79 Å². The van der Waals surface area contributed by atoms with E-state index in [1.165, 1.54) is 6.92 Å². The summed E-state index contributed by atoms with van der Waals surface area (Å²) in [6, 6.07) is 8.05. The molecule has 0 aliphatic rings. The molecule has 2 rings (SSSR count). The van der Waals surface area contributed by atoms with Crippen molar-refractivity contribution < 1.29 is 4.79 Å². The Hall–Kier alpha value is -0.950. The molecule has 0 radical (unpaired) electrons. The first-order valence-electron chi connectivity index (χ1n) is 6.07. The maximum absolute atomic E-state index is 11.9. The molecule has 0 aliphatic heterocycles. The predicted molar refractivity (Wildman–Crippen MR) is 95.0 cm³/mol. The minimum Gasteiger partial charge on any atom is -0.292 e. The second-order valence-electron chi connectivity index (χ2n) is 4.69. The van der Waals surface area contributed by atoms with Gasteiger partial charge in [-0.05, 0) is 63.6 Å². The number of nitrogens with zero attached hydrogens (tertiary/aromatic N) is 2. The van der Waals surface area contributed by atoms with E-state index in [0.29, 0.717) is 12.4 Å². The number of benzene rings is 1. The molecule has 104 valence electrons. The van der Waals surface area contributed by atoms with E-state index in [1.54, 1.807) is 4.90 Å². The molecule has 1 aromatic carbocycles. The molecule has 0 unspecified atom stereocenters. The summed E-state index contributed by atoms with van der Waals surface area (Å²) in [7, 11) is 0. The van der Waals surface area contributed by atoms with Crippen molar-refractivity contribution in [2.75, 3.05) is 11.4 Å². The minimum atomic E-state index is -0.0498. The summed E-state index contributed by atoms with van der Waals surface area (Å²) in [4.78, 5) is 18.1. The minimum absolute atomic E-state index is 0.0498. The highest BCUT2D eigenvalue weighted by Crippen LogP contribution is 2.29. The Morgan fingerprint density at radius 3 is 2.70 bits per heavy atom. The van der Waals surface area contributed by atoms with Crippen LogP contribution in [0.15, 0.2) is 40.9 Å². The number of halogens is 2. The molecule has 3 nitrogen and oxygen atoms in total. The van der Waals surface area contributed by atoms with Crippen molar-refractivity contribution in [2.45, 2.75) is 13.8 Å². The van der Waals surface area contributed by atoms with Gasteiger partial charge in [0, 0.05) is 22.4 Å². The number of rotatable bonds is 3. The number of anilines is 1. The third-order valence-electron chi connectivity index (χ3n) is 2.78. The summed E-state index contributed by atoms with van der Waals surface area (Å²) in [5.41, 5.74) is 1.79. The summed E-state index contributed by atoms with van der Waals surface area (Å²) >= 11 is 5.76. The van der Waals surface area contributed by atoms with E-state index < -0.39 is 0 Å². The van der Waals surface area contributed by atoms with Crippen LogP contribution in [0.4, 0.5) is 5.82 Å². The van der Waals surface area contributed by atoms with Crippen molar-refractivity contribution in [2.24, 2.45) is 0 Å². The van der Waals surface area contributed by atoms with Gasteiger partial charge in [0.1, 0.15) is 0 Å². The third-order valence-corrected chi connectivity index (χ3v) is 4.03. The van der Waals surface area contributed by atoms with Crippen molar-refractivity contribution in [1.82, 2.24) is 4.98 Å². The Morgan fingerprint density at radius 1 is 1.40 bits per heavy atom. The quantitative estimate of drug-likeness (QED) is 0.514. The van der Waals surface area contributed by atoms with E-state index in [4.69, 9.17) is 0 Å². The van der Waals surface area contributed by atoms with Crippen LogP contribution in [0.2, 0.25) is 0 Å². The number of carbonyl (C=O) groups excluding carboxylic acids is 1. The summed E-state index contributed by atoms with van der Waals surface area (Å²) < 4.78 is 1.92. The second-order valence-corrected chi connectivity index (χ2v) is 6.79. The van der Waals surface area contributed by atoms with Gasteiger partial charge in [0.2, 0.25) is 5.91 Å². The molecule has 0 spiro atoms. The maximum atomic E-state index is 11.9. The standard InChI is InChI=1S/C15H14BrIN2O/c1-9(2)8-19(10(3)20)15-13(16)6-11-4-5-12(17)7-14(11)18-15/h4-7H,1,8H2,2-3H3. The lowest BCUT2D eigenvalue weighted by Crippen LogP contribution is -2.31. The fourth-order valence-electron chi connectivity index (χ4n) is 1.90. The average Bonchev–Trinajstić information content (AvgIpc) is 2.35. The van der Waals surface area contributed by atoms with Gasteiger partial charge < -0.3 is 0 Å². The fourth-order valence-corrected chi connectivity index (χ4v) is 2.92. The highest BCUT2D eigenvalue weighted by molar-refractivity contribution is 14.1. The average molecular weight is 445 g/mol. The van der Waals surface area contributed by atoms with Crippen LogP contribution in [0.5, 0.6) is 0 Å². The van der Waals surface area contributed by atoms with Crippen LogP contribution in [0, 0.1) is 3.57 Å². The van der Waals surface area contributed by atoms with E-state index in [2.05, 4.69) is 50.1 Å². The first-order chi connectivity index (χ1) is 9.38. The van der Waals surface area contributed by atoms with Gasteiger partial charge in [-0.15, -0.1) is 0 Å². The van der Waals surface area contributed by atoms with Gasteiger partial charge in [-0.2, -0.15) is 0 Å². The lowest BCUT2D eigenvalue weighted by atomic mass is 10.2. The Kier molecular flexibility index (Phi) is 4.80. The van der Waals surface area contributed by atoms with E-state index in [-0.39, 0.29) is 5.91 Å². The zero-order chi connectivity index (χ0) is 14.9. The number of amides is 1. The van der Waals surface area contributed by atoms with E-state index in [9.17, 15) is 4.79 Å². The number of hydrogen-bond acceptors (Lipinski definition) is 2. The van der Waals surface area contributed by atoms with Gasteiger partial charge >= 0.3 is 0 Å². The van der Waals surface area contributed by atoms with Gasteiger partial charge in [-0.1, -0.05) is 18.2 Å². The highest BCUT2D eigenvalue weighted by Gasteiger charge is 2.17. The Bertz CT molecular complexity index is 700. The molecule has 2 aromatic rings. The zero-order valence-electron chi connectivity index (χ0n) is 11.3. The fraction of sp³-hybridized carbons (Fsp3) is 0.200. The van der Waals surface area contributed by atoms with Crippen molar-refractivity contribution in [3.8, 4) is 0 Å². The predicted octanol–water partition coefficient (Wildman–Crippen LogP) is 4.53. The number of carbonyl (C=O) groups is 1. The Balaban J connectivity index is 2.59. The maximum Gasteiger partial charge on any atom is 0.225 e. The van der Waals surface area contributed by atoms with Crippen LogP contribution < -0.4 is 4.90 Å². The monoisotopic (exact) mass is 444 g/mol. The Morgan fingerprint density at radius 2 is 2.10 bits per heavy atom. The van der Waals surface area contributed by atoms with Crippen molar-refractivity contribution >= 4 is 61.1 Å². The van der Waals surface area contributed by atoms with Crippen molar-refractivity contribution in [3.63, 3.8) is 0 Å². The number of hydrogen-bond donors (Lipinski definition) is 0. The molecule has 1 aromatic heterocycles. The van der Waals surface area contributed by atoms with E-state index in [0.717, 1.165) is 24.5 Å². The lowest BCUT2D eigenvalue weighted by Gasteiger charge is -2.22. The Labute approximate surface area is 140 Å². The molecule has 0 bridgehead atoms. The summed E-state index contributed by atoms with van der Waals surface area (Å²) in [5.74, 6) is 0.584. The van der Waals surface area contributed by atoms with E-state index in [1.807, 2.05) is 31.2 Å². The van der Waals surface area contributed by atoms with Crippen LogP contribution in [-0.4, -0.2) is 17.4 Å². The molecule has 5 heteroatoms. The SMILES string of the molecule is C=C(C)CN(C(C)=O)c1nc2cc(I)ccc2cc1Br. The number of pyridine rings is 1.